The molecular weight excluding hydrogens is 396 g/mol. The second-order valence-electron chi connectivity index (χ2n) is 6.97. The number of carbonyl (C=O) groups excluding carboxylic acids is 1. The van der Waals surface area contributed by atoms with E-state index < -0.39 is 18.0 Å². The van der Waals surface area contributed by atoms with Crippen molar-refractivity contribution >= 4 is 11.9 Å². The van der Waals surface area contributed by atoms with Crippen molar-refractivity contribution < 1.29 is 28.9 Å². The molecule has 0 radical (unpaired) electrons. The largest absolute Gasteiger partial charge is 0.485 e. The monoisotopic (exact) mass is 420 g/mol. The van der Waals surface area contributed by atoms with Crippen LogP contribution in [0.5, 0.6) is 11.5 Å². The van der Waals surface area contributed by atoms with Crippen LogP contribution in [0.15, 0.2) is 78.9 Å². The van der Waals surface area contributed by atoms with E-state index in [1.807, 2.05) is 60.7 Å². The summed E-state index contributed by atoms with van der Waals surface area (Å²) >= 11 is 0. The molecule has 0 fully saturated rings. The number of ether oxygens (including phenoxy) is 3. The van der Waals surface area contributed by atoms with Gasteiger partial charge in [-0.1, -0.05) is 66.7 Å². The predicted molar refractivity (Wildman–Crippen MR) is 115 cm³/mol. The van der Waals surface area contributed by atoms with Gasteiger partial charge in [-0.25, -0.2) is 4.79 Å². The van der Waals surface area contributed by atoms with Gasteiger partial charge in [-0.05, 0) is 28.8 Å². The second kappa shape index (κ2) is 10.8. The van der Waals surface area contributed by atoms with Crippen LogP contribution in [-0.2, 0) is 34.0 Å². The molecule has 0 saturated carbocycles. The third kappa shape index (κ3) is 6.89. The van der Waals surface area contributed by atoms with E-state index in [0.29, 0.717) is 30.3 Å². The zero-order chi connectivity index (χ0) is 22.1. The average Bonchev–Trinajstić information content (AvgIpc) is 2.77. The number of hydrogen-bond acceptors (Lipinski definition) is 5. The van der Waals surface area contributed by atoms with Crippen LogP contribution in [0.1, 0.15) is 23.6 Å². The maximum absolute atomic E-state index is 11.4. The summed E-state index contributed by atoms with van der Waals surface area (Å²) in [5.74, 6) is -0.811. The molecule has 0 unspecified atom stereocenters. The van der Waals surface area contributed by atoms with Crippen LogP contribution in [0.4, 0.5) is 0 Å². The molecular formula is C25H24O6. The van der Waals surface area contributed by atoms with E-state index in [2.05, 4.69) is 0 Å². The summed E-state index contributed by atoms with van der Waals surface area (Å²) in [5.41, 5.74) is 2.66. The number of carboxylic acid groups (broad SMARTS) is 1. The molecule has 31 heavy (non-hydrogen) atoms. The molecule has 1 atom stereocenters. The SMILES string of the molecule is CC(=O)O[C@H](Cc1ccc(OCc2ccccc2)c(OCc2ccccc2)c1)C(=O)O. The summed E-state index contributed by atoms with van der Waals surface area (Å²) in [6.07, 6.45) is -1.24. The summed E-state index contributed by atoms with van der Waals surface area (Å²) in [7, 11) is 0. The molecule has 3 aromatic carbocycles. The first kappa shape index (κ1) is 21.9. The predicted octanol–water partition coefficient (Wildman–Crippen LogP) is 4.40. The Morgan fingerprint density at radius 2 is 1.32 bits per heavy atom. The highest BCUT2D eigenvalue weighted by atomic mass is 16.6. The Hall–Kier alpha value is -3.80. The van der Waals surface area contributed by atoms with Crippen LogP contribution >= 0.6 is 0 Å². The van der Waals surface area contributed by atoms with Crippen molar-refractivity contribution in [2.24, 2.45) is 0 Å². The maximum atomic E-state index is 11.4. The van der Waals surface area contributed by atoms with Crippen LogP contribution in [-0.4, -0.2) is 23.1 Å². The zero-order valence-corrected chi connectivity index (χ0v) is 17.2. The Bertz CT molecular complexity index is 1000. The molecule has 0 spiro atoms. The van der Waals surface area contributed by atoms with Gasteiger partial charge >= 0.3 is 11.9 Å². The minimum atomic E-state index is -1.27. The van der Waals surface area contributed by atoms with Crippen LogP contribution in [0.3, 0.4) is 0 Å². The molecule has 0 heterocycles. The number of esters is 1. The molecule has 0 aromatic heterocycles. The van der Waals surface area contributed by atoms with E-state index in [1.54, 1.807) is 18.2 Å². The molecule has 0 bridgehead atoms. The van der Waals surface area contributed by atoms with Gasteiger partial charge in [0.05, 0.1) is 0 Å². The third-order valence-corrected chi connectivity index (χ3v) is 4.49. The average molecular weight is 420 g/mol. The zero-order valence-electron chi connectivity index (χ0n) is 17.2. The van der Waals surface area contributed by atoms with Gasteiger partial charge in [-0.3, -0.25) is 4.79 Å². The molecule has 3 rings (SSSR count). The van der Waals surface area contributed by atoms with Gasteiger partial charge in [0.25, 0.3) is 0 Å². The van der Waals surface area contributed by atoms with E-state index in [1.165, 1.54) is 6.92 Å². The van der Waals surface area contributed by atoms with Gasteiger partial charge in [0.15, 0.2) is 11.5 Å². The minimum absolute atomic E-state index is 0.0234. The lowest BCUT2D eigenvalue weighted by atomic mass is 10.1. The summed E-state index contributed by atoms with van der Waals surface area (Å²) in [5, 5.41) is 9.34. The van der Waals surface area contributed by atoms with Crippen LogP contribution in [0.25, 0.3) is 0 Å². The standard InChI is InChI=1S/C25H24O6/c1-18(26)31-24(25(27)28)15-21-12-13-22(29-16-19-8-4-2-5-9-19)23(14-21)30-17-20-10-6-3-7-11-20/h2-14,24H,15-17H2,1H3,(H,27,28)/t24-/m1/s1. The smallest absolute Gasteiger partial charge is 0.345 e. The fourth-order valence-corrected chi connectivity index (χ4v) is 2.98. The first-order chi connectivity index (χ1) is 15.0. The van der Waals surface area contributed by atoms with Crippen molar-refractivity contribution in [2.45, 2.75) is 32.7 Å². The van der Waals surface area contributed by atoms with Crippen LogP contribution in [0.2, 0.25) is 0 Å². The molecule has 0 amide bonds. The van der Waals surface area contributed by atoms with Gasteiger partial charge in [0, 0.05) is 13.3 Å². The van der Waals surface area contributed by atoms with Gasteiger partial charge in [-0.15, -0.1) is 0 Å². The van der Waals surface area contributed by atoms with E-state index in [9.17, 15) is 14.7 Å². The highest BCUT2D eigenvalue weighted by Gasteiger charge is 2.22. The van der Waals surface area contributed by atoms with Gasteiger partial charge in [0.1, 0.15) is 13.2 Å². The highest BCUT2D eigenvalue weighted by Crippen LogP contribution is 2.31. The van der Waals surface area contributed by atoms with E-state index in [-0.39, 0.29) is 6.42 Å². The first-order valence-corrected chi connectivity index (χ1v) is 9.87. The van der Waals surface area contributed by atoms with E-state index >= 15 is 0 Å². The molecule has 6 nitrogen and oxygen atoms in total. The van der Waals surface area contributed by atoms with E-state index in [0.717, 1.165) is 11.1 Å². The summed E-state index contributed by atoms with van der Waals surface area (Å²) in [6, 6.07) is 24.7. The van der Waals surface area contributed by atoms with Crippen molar-refractivity contribution in [1.82, 2.24) is 0 Å². The molecule has 0 aliphatic carbocycles. The van der Waals surface area contributed by atoms with Crippen LogP contribution < -0.4 is 9.47 Å². The maximum Gasteiger partial charge on any atom is 0.345 e. The Morgan fingerprint density at radius 1 is 0.774 bits per heavy atom. The lowest BCUT2D eigenvalue weighted by Crippen LogP contribution is -2.28. The molecule has 1 N–H and O–H groups in total. The van der Waals surface area contributed by atoms with Gasteiger partial charge in [-0.2, -0.15) is 0 Å². The Morgan fingerprint density at radius 3 is 1.84 bits per heavy atom. The normalized spacial score (nSPS) is 11.4. The topological polar surface area (TPSA) is 82.1 Å². The molecule has 3 aromatic rings. The molecule has 160 valence electrons. The highest BCUT2D eigenvalue weighted by molar-refractivity contribution is 5.77. The van der Waals surface area contributed by atoms with Crippen molar-refractivity contribution in [3.05, 3.63) is 95.6 Å². The van der Waals surface area contributed by atoms with Crippen molar-refractivity contribution in [1.29, 1.82) is 0 Å². The van der Waals surface area contributed by atoms with Crippen molar-refractivity contribution in [2.75, 3.05) is 0 Å². The lowest BCUT2D eigenvalue weighted by Gasteiger charge is -2.16. The third-order valence-electron chi connectivity index (χ3n) is 4.49. The fraction of sp³-hybridized carbons (Fsp3) is 0.200. The fourth-order valence-electron chi connectivity index (χ4n) is 2.98. The second-order valence-corrected chi connectivity index (χ2v) is 6.97. The number of aliphatic carboxylic acids is 1. The summed E-state index contributed by atoms with van der Waals surface area (Å²) in [4.78, 5) is 22.6. The number of carboxylic acids is 1. The van der Waals surface area contributed by atoms with Crippen molar-refractivity contribution in [3.8, 4) is 11.5 Å². The minimum Gasteiger partial charge on any atom is -0.485 e. The summed E-state index contributed by atoms with van der Waals surface area (Å²) in [6.45, 7) is 1.89. The molecule has 0 aliphatic heterocycles. The Kier molecular flexibility index (Phi) is 7.65. The number of rotatable bonds is 10. The Labute approximate surface area is 181 Å². The molecule has 6 heteroatoms. The number of hydrogen-bond donors (Lipinski definition) is 1. The van der Waals surface area contributed by atoms with Gasteiger partial charge < -0.3 is 19.3 Å². The summed E-state index contributed by atoms with van der Waals surface area (Å²) < 4.78 is 16.9. The Balaban J connectivity index is 1.79. The number of benzene rings is 3. The van der Waals surface area contributed by atoms with Crippen molar-refractivity contribution in [3.63, 3.8) is 0 Å². The van der Waals surface area contributed by atoms with Gasteiger partial charge in [0.2, 0.25) is 6.10 Å². The lowest BCUT2D eigenvalue weighted by molar-refractivity contribution is -0.162. The van der Waals surface area contributed by atoms with Crippen LogP contribution in [0, 0.1) is 0 Å². The molecule has 0 aliphatic rings. The first-order valence-electron chi connectivity index (χ1n) is 9.87. The van der Waals surface area contributed by atoms with E-state index in [4.69, 9.17) is 14.2 Å². The quantitative estimate of drug-likeness (QED) is 0.490. The number of carbonyl (C=O) groups is 2. The molecule has 0 saturated heterocycles.